The number of thiophene rings is 1. The van der Waals surface area contributed by atoms with Crippen LogP contribution in [0.2, 0.25) is 0 Å². The minimum absolute atomic E-state index is 0.146. The zero-order chi connectivity index (χ0) is 20.7. The van der Waals surface area contributed by atoms with Crippen molar-refractivity contribution in [3.05, 3.63) is 80.1 Å². The molecule has 2 aromatic heterocycles. The molecule has 0 spiro atoms. The summed E-state index contributed by atoms with van der Waals surface area (Å²) in [4.78, 5) is 19.0. The van der Waals surface area contributed by atoms with Crippen LogP contribution >= 0.6 is 11.3 Å². The molecule has 0 atom stereocenters. The van der Waals surface area contributed by atoms with E-state index in [1.54, 1.807) is 22.2 Å². The number of fused-ring (bicyclic) bond motifs is 2. The lowest BCUT2D eigenvalue weighted by Gasteiger charge is -2.09. The maximum absolute atomic E-state index is 13.2. The highest BCUT2D eigenvalue weighted by Gasteiger charge is 2.20. The highest BCUT2D eigenvalue weighted by atomic mass is 32.1. The van der Waals surface area contributed by atoms with E-state index in [2.05, 4.69) is 16.2 Å². The molecular formula is C24H20N4OS. The Balaban J connectivity index is 1.58. The van der Waals surface area contributed by atoms with Gasteiger partial charge >= 0.3 is 0 Å². The number of nitrogens with one attached hydrogen (secondary N) is 1. The van der Waals surface area contributed by atoms with Crippen LogP contribution < -0.4 is 5.56 Å². The number of aromatic amines is 1. The molecule has 1 N–H and O–H groups in total. The van der Waals surface area contributed by atoms with Crippen LogP contribution in [0.1, 0.15) is 40.1 Å². The first-order valence-electron chi connectivity index (χ1n) is 10.1. The molecule has 0 saturated heterocycles. The first kappa shape index (κ1) is 18.6. The fraction of sp³-hybridized carbons (Fsp3) is 0.208. The van der Waals surface area contributed by atoms with Gasteiger partial charge in [-0.1, -0.05) is 36.4 Å². The molecule has 5 nitrogen and oxygen atoms in total. The zero-order valence-corrected chi connectivity index (χ0v) is 17.4. The molecule has 0 radical (unpaired) electrons. The Bertz CT molecular complexity index is 1390. The predicted molar refractivity (Wildman–Crippen MR) is 122 cm³/mol. The molecule has 0 amide bonds. The van der Waals surface area contributed by atoms with Crippen molar-refractivity contribution in [3.63, 3.8) is 0 Å². The highest BCUT2D eigenvalue weighted by molar-refractivity contribution is 7.16. The third-order valence-corrected chi connectivity index (χ3v) is 6.90. The van der Waals surface area contributed by atoms with Crippen molar-refractivity contribution < 1.29 is 0 Å². The van der Waals surface area contributed by atoms with Crippen molar-refractivity contribution >= 4 is 33.3 Å². The Morgan fingerprint density at radius 2 is 1.97 bits per heavy atom. The van der Waals surface area contributed by atoms with E-state index in [4.69, 9.17) is 0 Å². The minimum atomic E-state index is -0.146. The first-order valence-corrected chi connectivity index (χ1v) is 10.9. The molecule has 2 aromatic carbocycles. The van der Waals surface area contributed by atoms with E-state index in [-0.39, 0.29) is 5.56 Å². The SMILES string of the molecule is Cc1[nH]n(-c2cccc3ccccc23)c(=O)c1/C=N/c1sc2c(c1C#N)CCCC2. The largest absolute Gasteiger partial charge is 0.295 e. The van der Waals surface area contributed by atoms with Crippen LogP contribution in [0.5, 0.6) is 0 Å². The fourth-order valence-electron chi connectivity index (χ4n) is 4.17. The summed E-state index contributed by atoms with van der Waals surface area (Å²) in [6, 6.07) is 16.2. The van der Waals surface area contributed by atoms with Crippen LogP contribution in [0.25, 0.3) is 16.5 Å². The van der Waals surface area contributed by atoms with Gasteiger partial charge in [0.1, 0.15) is 11.1 Å². The lowest BCUT2D eigenvalue weighted by molar-refractivity contribution is 0.696. The van der Waals surface area contributed by atoms with E-state index in [0.29, 0.717) is 16.1 Å². The monoisotopic (exact) mass is 412 g/mol. The molecule has 30 heavy (non-hydrogen) atoms. The molecule has 1 aliphatic rings. The average molecular weight is 413 g/mol. The van der Waals surface area contributed by atoms with Gasteiger partial charge in [-0.3, -0.25) is 9.89 Å². The Kier molecular flexibility index (Phi) is 4.61. The van der Waals surface area contributed by atoms with Crippen LogP contribution in [0, 0.1) is 18.3 Å². The van der Waals surface area contributed by atoms with Crippen LogP contribution in [0.4, 0.5) is 5.00 Å². The van der Waals surface area contributed by atoms with Gasteiger partial charge in [0.05, 0.1) is 16.8 Å². The van der Waals surface area contributed by atoms with Crippen molar-refractivity contribution in [3.8, 4) is 11.8 Å². The third-order valence-electron chi connectivity index (χ3n) is 5.70. The van der Waals surface area contributed by atoms with Crippen molar-refractivity contribution in [1.82, 2.24) is 9.78 Å². The van der Waals surface area contributed by atoms with Gasteiger partial charge < -0.3 is 0 Å². The van der Waals surface area contributed by atoms with Crippen LogP contribution in [0.3, 0.4) is 0 Å². The van der Waals surface area contributed by atoms with Crippen LogP contribution in [0.15, 0.2) is 52.3 Å². The number of rotatable bonds is 3. The average Bonchev–Trinajstić information content (AvgIpc) is 3.27. The topological polar surface area (TPSA) is 73.9 Å². The predicted octanol–water partition coefficient (Wildman–Crippen LogP) is 5.19. The molecular weight excluding hydrogens is 392 g/mol. The molecule has 5 rings (SSSR count). The van der Waals surface area contributed by atoms with Gasteiger partial charge in [-0.2, -0.15) is 5.26 Å². The van der Waals surface area contributed by atoms with Gasteiger partial charge in [-0.15, -0.1) is 11.3 Å². The normalized spacial score (nSPS) is 13.6. The third kappa shape index (κ3) is 2.99. The smallest absolute Gasteiger partial charge is 0.280 e. The maximum atomic E-state index is 13.2. The Morgan fingerprint density at radius 3 is 2.83 bits per heavy atom. The van der Waals surface area contributed by atoms with Gasteiger partial charge in [0.2, 0.25) is 0 Å². The van der Waals surface area contributed by atoms with E-state index in [1.807, 2.05) is 49.4 Å². The zero-order valence-electron chi connectivity index (χ0n) is 16.6. The van der Waals surface area contributed by atoms with Gasteiger partial charge in [-0.05, 0) is 49.6 Å². The van der Waals surface area contributed by atoms with Crippen molar-refractivity contribution in [2.45, 2.75) is 32.6 Å². The van der Waals surface area contributed by atoms with Gasteiger partial charge in [0.25, 0.3) is 5.56 Å². The number of aliphatic imine (C=N–C) groups is 1. The van der Waals surface area contributed by atoms with E-state index < -0.39 is 0 Å². The Hall–Kier alpha value is -3.43. The molecule has 0 aliphatic heterocycles. The fourth-order valence-corrected chi connectivity index (χ4v) is 5.35. The summed E-state index contributed by atoms with van der Waals surface area (Å²) >= 11 is 1.58. The van der Waals surface area contributed by atoms with E-state index in [0.717, 1.165) is 53.4 Å². The standard InChI is InChI=1S/C24H20N4OS/c1-15-20(14-26-23-19(13-25)18-10-4-5-12-22(18)30-23)24(29)28(27-15)21-11-6-8-16-7-2-3-9-17(16)21/h2-3,6-9,11,14,27H,4-5,10,12H2,1H3/b26-14+. The summed E-state index contributed by atoms with van der Waals surface area (Å²) in [5.74, 6) is 0. The van der Waals surface area contributed by atoms with Gasteiger partial charge in [0, 0.05) is 22.2 Å². The Morgan fingerprint density at radius 1 is 1.17 bits per heavy atom. The molecule has 0 bridgehead atoms. The number of aryl methyl sites for hydroxylation is 2. The number of nitrogens with zero attached hydrogens (tertiary/aromatic N) is 3. The lowest BCUT2D eigenvalue weighted by Crippen LogP contribution is -2.17. The van der Waals surface area contributed by atoms with Crippen LogP contribution in [-0.2, 0) is 12.8 Å². The summed E-state index contributed by atoms with van der Waals surface area (Å²) in [5, 5.41) is 15.6. The van der Waals surface area contributed by atoms with E-state index >= 15 is 0 Å². The summed E-state index contributed by atoms with van der Waals surface area (Å²) in [6.45, 7) is 1.87. The van der Waals surface area contributed by atoms with Crippen LogP contribution in [-0.4, -0.2) is 16.0 Å². The number of hydrogen-bond donors (Lipinski definition) is 1. The van der Waals surface area contributed by atoms with E-state index in [9.17, 15) is 10.1 Å². The molecule has 2 heterocycles. The van der Waals surface area contributed by atoms with Gasteiger partial charge in [0.15, 0.2) is 0 Å². The lowest BCUT2D eigenvalue weighted by atomic mass is 9.96. The molecule has 1 aliphatic carbocycles. The number of hydrogen-bond acceptors (Lipinski definition) is 4. The molecule has 6 heteroatoms. The number of nitriles is 1. The molecule has 0 fully saturated rings. The number of H-pyrrole nitrogens is 1. The second-order valence-corrected chi connectivity index (χ2v) is 8.63. The summed E-state index contributed by atoms with van der Waals surface area (Å²) in [7, 11) is 0. The van der Waals surface area contributed by atoms with E-state index in [1.165, 1.54) is 4.88 Å². The summed E-state index contributed by atoms with van der Waals surface area (Å²) in [5.41, 5.74) is 3.75. The maximum Gasteiger partial charge on any atom is 0.280 e. The van der Waals surface area contributed by atoms with Crippen molar-refractivity contribution in [1.29, 1.82) is 5.26 Å². The highest BCUT2D eigenvalue weighted by Crippen LogP contribution is 2.39. The van der Waals surface area contributed by atoms with Gasteiger partial charge in [-0.25, -0.2) is 9.67 Å². The molecule has 4 aromatic rings. The quantitative estimate of drug-likeness (QED) is 0.470. The molecule has 148 valence electrons. The number of aromatic nitrogens is 2. The first-order chi connectivity index (χ1) is 14.7. The summed E-state index contributed by atoms with van der Waals surface area (Å²) < 4.78 is 1.57. The second-order valence-electron chi connectivity index (χ2n) is 7.55. The molecule has 0 unspecified atom stereocenters. The molecule has 0 saturated carbocycles. The second kappa shape index (κ2) is 7.43. The van der Waals surface area contributed by atoms with Crippen molar-refractivity contribution in [2.75, 3.05) is 0 Å². The minimum Gasteiger partial charge on any atom is -0.295 e. The Labute approximate surface area is 177 Å². The number of benzene rings is 2. The summed E-state index contributed by atoms with van der Waals surface area (Å²) in [6.07, 6.45) is 5.85. The van der Waals surface area contributed by atoms with Crippen molar-refractivity contribution in [2.24, 2.45) is 4.99 Å².